The predicted molar refractivity (Wildman–Crippen MR) is 72.3 cm³/mol. The number of halogens is 1. The Hall–Kier alpha value is -0.220. The molecule has 0 amide bonds. The number of rotatable bonds is 2. The molecule has 0 atom stereocenters. The highest BCUT2D eigenvalue weighted by atomic mass is 79.9. The second-order valence-electron chi connectivity index (χ2n) is 5.73. The van der Waals surface area contributed by atoms with Crippen LogP contribution in [0, 0.1) is 10.1 Å². The molecule has 16 heavy (non-hydrogen) atoms. The highest BCUT2D eigenvalue weighted by Gasteiger charge is 2.28. The van der Waals surface area contributed by atoms with Crippen LogP contribution in [-0.2, 0) is 6.42 Å². The van der Waals surface area contributed by atoms with Gasteiger partial charge in [0, 0.05) is 18.0 Å². The van der Waals surface area contributed by atoms with Gasteiger partial charge in [-0.1, -0.05) is 33.0 Å². The molecule has 2 nitrogen and oxygen atoms in total. The van der Waals surface area contributed by atoms with Crippen molar-refractivity contribution in [3.05, 3.63) is 20.6 Å². The molecule has 4 heteroatoms. The van der Waals surface area contributed by atoms with E-state index in [0.29, 0.717) is 10.6 Å². The third-order valence-electron chi connectivity index (χ3n) is 2.62. The molecule has 1 aliphatic carbocycles. The van der Waals surface area contributed by atoms with E-state index in [4.69, 9.17) is 12.2 Å². The third kappa shape index (κ3) is 2.92. The van der Waals surface area contributed by atoms with Gasteiger partial charge in [0.25, 0.3) is 0 Å². The second kappa shape index (κ2) is 4.22. The van der Waals surface area contributed by atoms with Gasteiger partial charge < -0.3 is 4.98 Å². The van der Waals surface area contributed by atoms with Crippen LogP contribution in [0.5, 0.6) is 0 Å². The molecule has 0 saturated heterocycles. The minimum Gasteiger partial charge on any atom is -0.346 e. The molecule has 0 unspecified atom stereocenters. The van der Waals surface area contributed by atoms with E-state index in [9.17, 15) is 0 Å². The SMILES string of the molecule is CC(C)(C)Cc1nc(=S)c(Br)c(C2CC2)[nH]1. The first kappa shape index (κ1) is 12.2. The van der Waals surface area contributed by atoms with Crippen LogP contribution >= 0.6 is 28.1 Å². The fourth-order valence-electron chi connectivity index (χ4n) is 1.76. The average Bonchev–Trinajstić information content (AvgIpc) is 2.91. The van der Waals surface area contributed by atoms with Crippen molar-refractivity contribution in [1.82, 2.24) is 9.97 Å². The van der Waals surface area contributed by atoms with Gasteiger partial charge in [0.05, 0.1) is 4.47 Å². The maximum Gasteiger partial charge on any atom is 0.144 e. The van der Waals surface area contributed by atoms with Gasteiger partial charge in [0.15, 0.2) is 0 Å². The van der Waals surface area contributed by atoms with Crippen LogP contribution in [-0.4, -0.2) is 9.97 Å². The minimum absolute atomic E-state index is 0.236. The molecule has 2 rings (SSSR count). The van der Waals surface area contributed by atoms with Gasteiger partial charge in [0.1, 0.15) is 10.5 Å². The van der Waals surface area contributed by atoms with Gasteiger partial charge in [-0.2, -0.15) is 0 Å². The number of hydrogen-bond donors (Lipinski definition) is 1. The van der Waals surface area contributed by atoms with E-state index in [2.05, 4.69) is 46.7 Å². The minimum atomic E-state index is 0.236. The van der Waals surface area contributed by atoms with Gasteiger partial charge in [0.2, 0.25) is 0 Å². The molecule has 1 N–H and O–H groups in total. The molecule has 0 aromatic carbocycles. The topological polar surface area (TPSA) is 28.7 Å². The number of nitrogens with one attached hydrogen (secondary N) is 1. The summed E-state index contributed by atoms with van der Waals surface area (Å²) >= 11 is 8.82. The van der Waals surface area contributed by atoms with Crippen molar-refractivity contribution in [2.75, 3.05) is 0 Å². The van der Waals surface area contributed by atoms with Crippen LogP contribution in [0.3, 0.4) is 0 Å². The van der Waals surface area contributed by atoms with Gasteiger partial charge in [-0.3, -0.25) is 0 Å². The van der Waals surface area contributed by atoms with E-state index in [1.807, 2.05) is 0 Å². The van der Waals surface area contributed by atoms with E-state index in [0.717, 1.165) is 16.7 Å². The Morgan fingerprint density at radius 2 is 2.06 bits per heavy atom. The lowest BCUT2D eigenvalue weighted by atomic mass is 9.92. The molecule has 1 fully saturated rings. The van der Waals surface area contributed by atoms with Crippen molar-refractivity contribution in [2.24, 2.45) is 5.41 Å². The van der Waals surface area contributed by atoms with Gasteiger partial charge in [-0.05, 0) is 34.2 Å². The maximum absolute atomic E-state index is 5.29. The summed E-state index contributed by atoms with van der Waals surface area (Å²) in [4.78, 5) is 7.89. The molecule has 0 aliphatic heterocycles. The first-order valence-corrected chi connectivity index (χ1v) is 6.85. The Labute approximate surface area is 110 Å². The largest absolute Gasteiger partial charge is 0.346 e. The Bertz CT molecular complexity index is 455. The van der Waals surface area contributed by atoms with Crippen molar-refractivity contribution < 1.29 is 0 Å². The summed E-state index contributed by atoms with van der Waals surface area (Å²) in [7, 11) is 0. The molecular weight excluding hydrogens is 284 g/mol. The van der Waals surface area contributed by atoms with Crippen molar-refractivity contribution in [3.63, 3.8) is 0 Å². The maximum atomic E-state index is 5.29. The molecule has 1 aromatic rings. The van der Waals surface area contributed by atoms with E-state index >= 15 is 0 Å². The summed E-state index contributed by atoms with van der Waals surface area (Å²) in [5.74, 6) is 1.68. The first-order chi connectivity index (χ1) is 7.37. The predicted octanol–water partition coefficient (Wildman–Crippen LogP) is 4.37. The summed E-state index contributed by atoms with van der Waals surface area (Å²) in [6.07, 6.45) is 3.47. The highest BCUT2D eigenvalue weighted by Crippen LogP contribution is 2.42. The highest BCUT2D eigenvalue weighted by molar-refractivity contribution is 9.10. The van der Waals surface area contributed by atoms with Crippen LogP contribution in [0.15, 0.2) is 4.47 Å². The second-order valence-corrected chi connectivity index (χ2v) is 6.91. The number of hydrogen-bond acceptors (Lipinski definition) is 2. The fraction of sp³-hybridized carbons (Fsp3) is 0.667. The zero-order chi connectivity index (χ0) is 11.9. The molecule has 0 spiro atoms. The molecular formula is C12H17BrN2S. The lowest BCUT2D eigenvalue weighted by Gasteiger charge is -2.18. The van der Waals surface area contributed by atoms with E-state index in [1.165, 1.54) is 18.5 Å². The monoisotopic (exact) mass is 300 g/mol. The molecule has 1 aliphatic rings. The standard InChI is InChI=1S/C12H17BrN2S/c1-12(2,3)6-8-14-10(7-4-5-7)9(13)11(16)15-8/h7H,4-6H2,1-3H3,(H,14,15,16). The molecule has 1 saturated carbocycles. The van der Waals surface area contributed by atoms with Crippen molar-refractivity contribution in [1.29, 1.82) is 0 Å². The van der Waals surface area contributed by atoms with Crippen LogP contribution in [0.25, 0.3) is 0 Å². The molecule has 0 bridgehead atoms. The van der Waals surface area contributed by atoms with Crippen LogP contribution in [0.4, 0.5) is 0 Å². The third-order valence-corrected chi connectivity index (χ3v) is 3.98. The Kier molecular flexibility index (Phi) is 3.23. The van der Waals surface area contributed by atoms with E-state index < -0.39 is 0 Å². The van der Waals surface area contributed by atoms with Gasteiger partial charge in [-0.15, -0.1) is 0 Å². The van der Waals surface area contributed by atoms with E-state index in [1.54, 1.807) is 0 Å². The smallest absolute Gasteiger partial charge is 0.144 e. The summed E-state index contributed by atoms with van der Waals surface area (Å²) in [6, 6.07) is 0. The molecule has 1 heterocycles. The lowest BCUT2D eigenvalue weighted by molar-refractivity contribution is 0.399. The Morgan fingerprint density at radius 1 is 1.44 bits per heavy atom. The van der Waals surface area contributed by atoms with Crippen LogP contribution in [0.2, 0.25) is 0 Å². The number of nitrogens with zero attached hydrogens (tertiary/aromatic N) is 1. The molecule has 0 radical (unpaired) electrons. The van der Waals surface area contributed by atoms with Crippen molar-refractivity contribution in [3.8, 4) is 0 Å². The first-order valence-electron chi connectivity index (χ1n) is 5.65. The number of H-pyrrole nitrogens is 1. The molecule has 88 valence electrons. The van der Waals surface area contributed by atoms with Gasteiger partial charge >= 0.3 is 0 Å². The average molecular weight is 301 g/mol. The zero-order valence-electron chi connectivity index (χ0n) is 9.93. The van der Waals surface area contributed by atoms with E-state index in [-0.39, 0.29) is 5.41 Å². The Balaban J connectivity index is 2.37. The van der Waals surface area contributed by atoms with Crippen LogP contribution in [0.1, 0.15) is 51.0 Å². The zero-order valence-corrected chi connectivity index (χ0v) is 12.3. The summed E-state index contributed by atoms with van der Waals surface area (Å²) in [6.45, 7) is 6.64. The van der Waals surface area contributed by atoms with Crippen molar-refractivity contribution >= 4 is 28.1 Å². The van der Waals surface area contributed by atoms with Crippen LogP contribution < -0.4 is 0 Å². The fourth-order valence-corrected chi connectivity index (χ4v) is 2.50. The Morgan fingerprint density at radius 3 is 2.56 bits per heavy atom. The summed E-state index contributed by atoms with van der Waals surface area (Å²) in [5.41, 5.74) is 1.49. The normalized spacial score (nSPS) is 16.5. The number of aromatic amines is 1. The lowest BCUT2D eigenvalue weighted by Crippen LogP contribution is -2.13. The van der Waals surface area contributed by atoms with Crippen molar-refractivity contribution in [2.45, 2.75) is 46.0 Å². The quantitative estimate of drug-likeness (QED) is 0.822. The van der Waals surface area contributed by atoms with Gasteiger partial charge in [-0.25, -0.2) is 4.98 Å². The summed E-state index contributed by atoms with van der Waals surface area (Å²) < 4.78 is 1.68. The number of aromatic nitrogens is 2. The molecule has 1 aromatic heterocycles. The summed E-state index contributed by atoms with van der Waals surface area (Å²) in [5, 5.41) is 0.